The molecular formula is C16H15IN2O3S. The van der Waals surface area contributed by atoms with Crippen LogP contribution in [-0.4, -0.2) is 16.1 Å². The molecule has 1 unspecified atom stereocenters. The molecule has 2 aromatic carbocycles. The average Bonchev–Trinajstić information content (AvgIpc) is 2.50. The predicted octanol–water partition coefficient (Wildman–Crippen LogP) is 4.63. The number of rotatable bonds is 5. The Hall–Kier alpha value is -1.61. The molecule has 0 aromatic heterocycles. The van der Waals surface area contributed by atoms with E-state index in [1.807, 2.05) is 32.0 Å². The van der Waals surface area contributed by atoms with Gasteiger partial charge in [0.1, 0.15) is 0 Å². The molecule has 7 heteroatoms. The number of nitro benzene ring substituents is 1. The number of anilines is 1. The highest BCUT2D eigenvalue weighted by molar-refractivity contribution is 14.1. The second kappa shape index (κ2) is 7.78. The van der Waals surface area contributed by atoms with Crippen LogP contribution in [0.1, 0.15) is 12.5 Å². The topological polar surface area (TPSA) is 72.2 Å². The van der Waals surface area contributed by atoms with Crippen molar-refractivity contribution >= 4 is 51.6 Å². The number of carbonyl (C=O) groups is 1. The van der Waals surface area contributed by atoms with Crippen LogP contribution in [-0.2, 0) is 4.79 Å². The number of amides is 1. The highest BCUT2D eigenvalue weighted by atomic mass is 127. The molecule has 0 spiro atoms. The maximum absolute atomic E-state index is 12.3. The number of carbonyl (C=O) groups excluding carboxylic acids is 1. The van der Waals surface area contributed by atoms with Crippen LogP contribution in [0.15, 0.2) is 47.4 Å². The van der Waals surface area contributed by atoms with E-state index >= 15 is 0 Å². The van der Waals surface area contributed by atoms with Crippen LogP contribution in [0.4, 0.5) is 11.4 Å². The molecule has 0 heterocycles. The molecule has 5 nitrogen and oxygen atoms in total. The van der Waals surface area contributed by atoms with Gasteiger partial charge in [-0.3, -0.25) is 14.9 Å². The first-order valence-electron chi connectivity index (χ1n) is 6.85. The molecule has 0 radical (unpaired) electrons. The van der Waals surface area contributed by atoms with Crippen LogP contribution in [0.25, 0.3) is 0 Å². The number of nitrogens with one attached hydrogen (secondary N) is 1. The first kappa shape index (κ1) is 17.7. The van der Waals surface area contributed by atoms with Gasteiger partial charge in [0, 0.05) is 26.3 Å². The summed E-state index contributed by atoms with van der Waals surface area (Å²) in [7, 11) is 0. The van der Waals surface area contributed by atoms with Gasteiger partial charge in [0.05, 0.1) is 10.2 Å². The summed E-state index contributed by atoms with van der Waals surface area (Å²) in [5.41, 5.74) is 1.85. The van der Waals surface area contributed by atoms with E-state index in [0.717, 1.165) is 19.7 Å². The average molecular weight is 442 g/mol. The minimum Gasteiger partial charge on any atom is -0.325 e. The zero-order chi connectivity index (χ0) is 17.0. The molecule has 0 saturated carbocycles. The molecule has 2 rings (SSSR count). The summed E-state index contributed by atoms with van der Waals surface area (Å²) in [6.07, 6.45) is 0. The highest BCUT2D eigenvalue weighted by Crippen LogP contribution is 2.26. The van der Waals surface area contributed by atoms with Crippen molar-refractivity contribution in [1.82, 2.24) is 0 Å². The van der Waals surface area contributed by atoms with Gasteiger partial charge in [0.2, 0.25) is 5.91 Å². The van der Waals surface area contributed by atoms with E-state index in [1.54, 1.807) is 12.1 Å². The number of hydrogen-bond donors (Lipinski definition) is 1. The lowest BCUT2D eigenvalue weighted by atomic mass is 10.2. The van der Waals surface area contributed by atoms with Crippen molar-refractivity contribution in [3.63, 3.8) is 0 Å². The number of halogens is 1. The zero-order valence-electron chi connectivity index (χ0n) is 12.6. The third-order valence-corrected chi connectivity index (χ3v) is 4.96. The van der Waals surface area contributed by atoms with Crippen molar-refractivity contribution in [2.24, 2.45) is 0 Å². The lowest BCUT2D eigenvalue weighted by Crippen LogP contribution is -2.22. The van der Waals surface area contributed by atoms with Crippen molar-refractivity contribution in [3.05, 3.63) is 61.7 Å². The number of nitro groups is 1. The number of thioether (sulfide) groups is 1. The van der Waals surface area contributed by atoms with Crippen LogP contribution in [0, 0.1) is 20.6 Å². The third-order valence-electron chi connectivity index (χ3n) is 3.18. The highest BCUT2D eigenvalue weighted by Gasteiger charge is 2.16. The van der Waals surface area contributed by atoms with Gasteiger partial charge in [-0.25, -0.2) is 0 Å². The molecule has 0 fully saturated rings. The number of benzene rings is 2. The van der Waals surface area contributed by atoms with Crippen molar-refractivity contribution < 1.29 is 9.72 Å². The molecule has 23 heavy (non-hydrogen) atoms. The predicted molar refractivity (Wildman–Crippen MR) is 101 cm³/mol. The Labute approximate surface area is 152 Å². The van der Waals surface area contributed by atoms with Gasteiger partial charge in [0.25, 0.3) is 5.69 Å². The van der Waals surface area contributed by atoms with Gasteiger partial charge >= 0.3 is 0 Å². The molecule has 1 amide bonds. The lowest BCUT2D eigenvalue weighted by molar-refractivity contribution is -0.384. The smallest absolute Gasteiger partial charge is 0.269 e. The Morgan fingerprint density at radius 2 is 1.91 bits per heavy atom. The first-order chi connectivity index (χ1) is 10.9. The number of nitrogens with zero attached hydrogens (tertiary/aromatic N) is 1. The van der Waals surface area contributed by atoms with E-state index in [0.29, 0.717) is 0 Å². The van der Waals surface area contributed by atoms with E-state index in [4.69, 9.17) is 0 Å². The quantitative estimate of drug-likeness (QED) is 0.317. The summed E-state index contributed by atoms with van der Waals surface area (Å²) in [5, 5.41) is 13.2. The van der Waals surface area contributed by atoms with Gasteiger partial charge in [-0.15, -0.1) is 11.8 Å². The van der Waals surface area contributed by atoms with Crippen LogP contribution in [0.3, 0.4) is 0 Å². The van der Waals surface area contributed by atoms with Gasteiger partial charge in [-0.1, -0.05) is 0 Å². The van der Waals surface area contributed by atoms with Crippen LogP contribution < -0.4 is 5.32 Å². The Bertz CT molecular complexity index is 735. The SMILES string of the molecule is Cc1cc(I)ccc1NC(=O)C(C)Sc1ccc([N+](=O)[O-])cc1. The zero-order valence-corrected chi connectivity index (χ0v) is 15.6. The Morgan fingerprint density at radius 3 is 2.48 bits per heavy atom. The summed E-state index contributed by atoms with van der Waals surface area (Å²) >= 11 is 3.59. The summed E-state index contributed by atoms with van der Waals surface area (Å²) < 4.78 is 1.12. The fraction of sp³-hybridized carbons (Fsp3) is 0.188. The van der Waals surface area contributed by atoms with Crippen LogP contribution in [0.5, 0.6) is 0 Å². The van der Waals surface area contributed by atoms with E-state index in [1.165, 1.54) is 23.9 Å². The maximum Gasteiger partial charge on any atom is 0.269 e. The largest absolute Gasteiger partial charge is 0.325 e. The summed E-state index contributed by atoms with van der Waals surface area (Å²) in [4.78, 5) is 23.3. The fourth-order valence-electron chi connectivity index (χ4n) is 1.91. The summed E-state index contributed by atoms with van der Waals surface area (Å²) in [5.74, 6) is -0.0994. The maximum atomic E-state index is 12.3. The molecule has 0 aliphatic heterocycles. The molecule has 0 bridgehead atoms. The Balaban J connectivity index is 2.00. The van der Waals surface area contributed by atoms with Gasteiger partial charge in [-0.2, -0.15) is 0 Å². The monoisotopic (exact) mass is 442 g/mol. The number of aryl methyl sites for hydroxylation is 1. The fourth-order valence-corrected chi connectivity index (χ4v) is 3.42. The minimum absolute atomic E-state index is 0.0426. The molecule has 120 valence electrons. The summed E-state index contributed by atoms with van der Waals surface area (Å²) in [6.45, 7) is 3.76. The molecule has 1 N–H and O–H groups in total. The minimum atomic E-state index is -0.440. The lowest BCUT2D eigenvalue weighted by Gasteiger charge is -2.13. The standard InChI is InChI=1S/C16H15IN2O3S/c1-10-9-12(17)3-8-15(10)18-16(20)11(2)23-14-6-4-13(5-7-14)19(21)22/h3-9,11H,1-2H3,(H,18,20). The molecule has 0 saturated heterocycles. The molecule has 0 aliphatic carbocycles. The first-order valence-corrected chi connectivity index (χ1v) is 8.81. The number of hydrogen-bond acceptors (Lipinski definition) is 4. The second-order valence-corrected chi connectivity index (χ2v) is 7.62. The van der Waals surface area contributed by atoms with Crippen molar-refractivity contribution in [1.29, 1.82) is 0 Å². The van der Waals surface area contributed by atoms with Crippen molar-refractivity contribution in [3.8, 4) is 0 Å². The molecule has 0 aliphatic rings. The van der Waals surface area contributed by atoms with E-state index < -0.39 is 4.92 Å². The van der Waals surface area contributed by atoms with Crippen molar-refractivity contribution in [2.75, 3.05) is 5.32 Å². The van der Waals surface area contributed by atoms with Crippen LogP contribution >= 0.6 is 34.4 Å². The van der Waals surface area contributed by atoms with E-state index in [-0.39, 0.29) is 16.8 Å². The van der Waals surface area contributed by atoms with E-state index in [2.05, 4.69) is 27.9 Å². The molecular weight excluding hydrogens is 427 g/mol. The normalized spacial score (nSPS) is 11.8. The van der Waals surface area contributed by atoms with E-state index in [9.17, 15) is 14.9 Å². The van der Waals surface area contributed by atoms with Gasteiger partial charge < -0.3 is 5.32 Å². The van der Waals surface area contributed by atoms with Crippen molar-refractivity contribution in [2.45, 2.75) is 24.0 Å². The summed E-state index contributed by atoms with van der Waals surface area (Å²) in [6, 6.07) is 12.0. The molecule has 2 aromatic rings. The Kier molecular flexibility index (Phi) is 6.00. The Morgan fingerprint density at radius 1 is 1.26 bits per heavy atom. The molecule has 1 atom stereocenters. The second-order valence-electron chi connectivity index (χ2n) is 4.96. The van der Waals surface area contributed by atoms with Gasteiger partial charge in [-0.05, 0) is 72.3 Å². The van der Waals surface area contributed by atoms with Gasteiger partial charge in [0.15, 0.2) is 0 Å². The number of non-ortho nitro benzene ring substituents is 1. The van der Waals surface area contributed by atoms with Crippen LogP contribution in [0.2, 0.25) is 0 Å². The third kappa shape index (κ3) is 4.93.